The maximum absolute atomic E-state index is 13.1. The summed E-state index contributed by atoms with van der Waals surface area (Å²) in [7, 11) is 0. The fourth-order valence-corrected chi connectivity index (χ4v) is 4.15. The first-order chi connectivity index (χ1) is 13.1. The molecule has 2 fully saturated rings. The highest BCUT2D eigenvalue weighted by Crippen LogP contribution is 2.32. The van der Waals surface area contributed by atoms with Crippen molar-refractivity contribution in [2.75, 3.05) is 6.54 Å². The van der Waals surface area contributed by atoms with Crippen molar-refractivity contribution in [1.29, 1.82) is 0 Å². The van der Waals surface area contributed by atoms with Crippen LogP contribution in [0.2, 0.25) is 0 Å². The lowest BCUT2D eigenvalue weighted by Crippen LogP contribution is -2.46. The lowest BCUT2D eigenvalue weighted by atomic mass is 9.87. The number of nitrogens with zero attached hydrogens (tertiary/aromatic N) is 1. The third kappa shape index (κ3) is 4.15. The second-order valence-electron chi connectivity index (χ2n) is 7.56. The monoisotopic (exact) mass is 371 g/mol. The van der Waals surface area contributed by atoms with E-state index in [-0.39, 0.29) is 24.4 Å². The maximum Gasteiger partial charge on any atom is 0.325 e. The van der Waals surface area contributed by atoms with E-state index >= 15 is 0 Å². The minimum atomic E-state index is -1.08. The van der Waals surface area contributed by atoms with Crippen molar-refractivity contribution in [3.8, 4) is 0 Å². The number of amides is 4. The van der Waals surface area contributed by atoms with Crippen LogP contribution in [-0.4, -0.2) is 35.3 Å². The summed E-state index contributed by atoms with van der Waals surface area (Å²) in [5.74, 6) is -0.613. The highest BCUT2D eigenvalue weighted by molar-refractivity contribution is 6.09. The Morgan fingerprint density at radius 1 is 1.11 bits per heavy atom. The van der Waals surface area contributed by atoms with Gasteiger partial charge in [-0.15, -0.1) is 0 Å². The van der Waals surface area contributed by atoms with E-state index in [4.69, 9.17) is 0 Å². The standard InChI is InChI=1S/C21H29N3O3/c1-2-21(16-11-7-6-8-12-16)19(26)24(20(27)23-21)15-18(25)22-17-13-9-4-3-5-10-14-17/h6-8,11-12,17H,2-5,9-10,13-15H2,1H3,(H,22,25)(H,23,27)/t21-/m0/s1. The van der Waals surface area contributed by atoms with Gasteiger partial charge in [0.05, 0.1) is 0 Å². The molecule has 6 nitrogen and oxygen atoms in total. The lowest BCUT2D eigenvalue weighted by Gasteiger charge is -2.26. The molecule has 3 rings (SSSR count). The van der Waals surface area contributed by atoms with Crippen LogP contribution in [0.15, 0.2) is 30.3 Å². The Hall–Kier alpha value is -2.37. The van der Waals surface area contributed by atoms with Gasteiger partial charge in [0.1, 0.15) is 12.1 Å². The molecule has 146 valence electrons. The van der Waals surface area contributed by atoms with E-state index in [2.05, 4.69) is 10.6 Å². The quantitative estimate of drug-likeness (QED) is 0.781. The third-order valence-corrected chi connectivity index (χ3v) is 5.74. The van der Waals surface area contributed by atoms with Crippen LogP contribution in [0.3, 0.4) is 0 Å². The molecule has 1 heterocycles. The highest BCUT2D eigenvalue weighted by Gasteiger charge is 2.51. The van der Waals surface area contributed by atoms with Gasteiger partial charge in [0.15, 0.2) is 0 Å². The minimum Gasteiger partial charge on any atom is -0.352 e. The molecule has 27 heavy (non-hydrogen) atoms. The van der Waals surface area contributed by atoms with E-state index in [1.54, 1.807) is 0 Å². The number of carbonyl (C=O) groups excluding carboxylic acids is 3. The van der Waals surface area contributed by atoms with Crippen LogP contribution < -0.4 is 10.6 Å². The molecule has 0 bridgehead atoms. The number of benzene rings is 1. The molecular weight excluding hydrogens is 342 g/mol. The van der Waals surface area contributed by atoms with Gasteiger partial charge in [-0.25, -0.2) is 4.79 Å². The zero-order chi connectivity index (χ0) is 19.3. The molecule has 1 aliphatic carbocycles. The summed E-state index contributed by atoms with van der Waals surface area (Å²) in [6.45, 7) is 1.64. The first-order valence-corrected chi connectivity index (χ1v) is 10.1. The van der Waals surface area contributed by atoms with Crippen LogP contribution in [0.1, 0.15) is 63.9 Å². The Kier molecular flexibility index (Phi) is 6.14. The smallest absolute Gasteiger partial charge is 0.325 e. The van der Waals surface area contributed by atoms with Crippen molar-refractivity contribution in [3.05, 3.63) is 35.9 Å². The Bertz CT molecular complexity index is 683. The minimum absolute atomic E-state index is 0.142. The zero-order valence-corrected chi connectivity index (χ0v) is 16.0. The number of hydrogen-bond acceptors (Lipinski definition) is 3. The Labute approximate surface area is 160 Å². The molecular formula is C21H29N3O3. The molecule has 1 aliphatic heterocycles. The summed E-state index contributed by atoms with van der Waals surface area (Å²) in [6, 6.07) is 8.86. The molecule has 1 saturated heterocycles. The largest absolute Gasteiger partial charge is 0.352 e. The molecule has 2 N–H and O–H groups in total. The van der Waals surface area contributed by atoms with Gasteiger partial charge < -0.3 is 10.6 Å². The third-order valence-electron chi connectivity index (χ3n) is 5.74. The first kappa shape index (κ1) is 19.4. The van der Waals surface area contributed by atoms with Crippen molar-refractivity contribution in [1.82, 2.24) is 15.5 Å². The van der Waals surface area contributed by atoms with Gasteiger partial charge in [-0.1, -0.05) is 69.4 Å². The summed E-state index contributed by atoms with van der Waals surface area (Å²) in [6.07, 6.45) is 8.26. The normalized spacial score (nSPS) is 24.3. The van der Waals surface area contributed by atoms with Crippen molar-refractivity contribution < 1.29 is 14.4 Å². The van der Waals surface area contributed by atoms with Crippen LogP contribution in [0.25, 0.3) is 0 Å². The molecule has 0 radical (unpaired) electrons. The molecule has 1 aromatic rings. The highest BCUT2D eigenvalue weighted by atomic mass is 16.2. The zero-order valence-electron chi connectivity index (χ0n) is 16.0. The van der Waals surface area contributed by atoms with Crippen LogP contribution >= 0.6 is 0 Å². The molecule has 0 aromatic heterocycles. The van der Waals surface area contributed by atoms with E-state index < -0.39 is 11.6 Å². The van der Waals surface area contributed by atoms with Gasteiger partial charge in [0.2, 0.25) is 5.91 Å². The van der Waals surface area contributed by atoms with Gasteiger partial charge in [0, 0.05) is 6.04 Å². The van der Waals surface area contributed by atoms with Crippen molar-refractivity contribution in [2.24, 2.45) is 0 Å². The predicted molar refractivity (Wildman–Crippen MR) is 103 cm³/mol. The number of rotatable bonds is 5. The molecule has 1 atom stereocenters. The van der Waals surface area contributed by atoms with Gasteiger partial charge in [0.25, 0.3) is 5.91 Å². The van der Waals surface area contributed by atoms with Gasteiger partial charge in [-0.05, 0) is 24.8 Å². The Balaban J connectivity index is 1.67. The maximum atomic E-state index is 13.1. The summed E-state index contributed by atoms with van der Waals surface area (Å²) in [5, 5.41) is 5.84. The van der Waals surface area contributed by atoms with Crippen LogP contribution in [0.5, 0.6) is 0 Å². The summed E-state index contributed by atoms with van der Waals surface area (Å²) in [4.78, 5) is 39.1. The molecule has 0 spiro atoms. The second kappa shape index (κ2) is 8.55. The summed E-state index contributed by atoms with van der Waals surface area (Å²) < 4.78 is 0. The predicted octanol–water partition coefficient (Wildman–Crippen LogP) is 3.07. The SMILES string of the molecule is CC[C@@]1(c2ccccc2)NC(=O)N(CC(=O)NC2CCCCCCC2)C1=O. The summed E-state index contributed by atoms with van der Waals surface area (Å²) >= 11 is 0. The van der Waals surface area contributed by atoms with Gasteiger partial charge >= 0.3 is 6.03 Å². The number of urea groups is 1. The molecule has 4 amide bonds. The van der Waals surface area contributed by atoms with Crippen molar-refractivity contribution >= 4 is 17.8 Å². The second-order valence-corrected chi connectivity index (χ2v) is 7.56. The van der Waals surface area contributed by atoms with E-state index in [9.17, 15) is 14.4 Å². The fraction of sp³-hybridized carbons (Fsp3) is 0.571. The van der Waals surface area contributed by atoms with Crippen LogP contribution in [-0.2, 0) is 15.1 Å². The average Bonchev–Trinajstić information content (AvgIpc) is 2.89. The van der Waals surface area contributed by atoms with Crippen molar-refractivity contribution in [3.63, 3.8) is 0 Å². The number of carbonyl (C=O) groups is 3. The number of nitrogens with one attached hydrogen (secondary N) is 2. The molecule has 0 unspecified atom stereocenters. The van der Waals surface area contributed by atoms with Gasteiger partial charge in [-0.2, -0.15) is 0 Å². The van der Waals surface area contributed by atoms with Gasteiger partial charge in [-0.3, -0.25) is 14.5 Å². The van der Waals surface area contributed by atoms with E-state index in [1.165, 1.54) is 19.3 Å². The molecule has 6 heteroatoms. The van der Waals surface area contributed by atoms with E-state index in [0.717, 1.165) is 36.1 Å². The average molecular weight is 371 g/mol. The van der Waals surface area contributed by atoms with E-state index in [0.29, 0.717) is 6.42 Å². The Morgan fingerprint density at radius 3 is 2.37 bits per heavy atom. The topological polar surface area (TPSA) is 78.5 Å². The number of imide groups is 1. The molecule has 1 saturated carbocycles. The Morgan fingerprint density at radius 2 is 1.74 bits per heavy atom. The first-order valence-electron chi connectivity index (χ1n) is 10.1. The van der Waals surface area contributed by atoms with Crippen LogP contribution in [0.4, 0.5) is 4.79 Å². The van der Waals surface area contributed by atoms with E-state index in [1.807, 2.05) is 37.3 Å². The molecule has 2 aliphatic rings. The number of hydrogen-bond donors (Lipinski definition) is 2. The lowest BCUT2D eigenvalue weighted by molar-refractivity contribution is -0.135. The van der Waals surface area contributed by atoms with Crippen molar-refractivity contribution in [2.45, 2.75) is 69.9 Å². The molecule has 1 aromatic carbocycles. The van der Waals surface area contributed by atoms with Crippen LogP contribution in [0, 0.1) is 0 Å². The summed E-state index contributed by atoms with van der Waals surface area (Å²) in [5.41, 5.74) is -0.340. The fourth-order valence-electron chi connectivity index (χ4n) is 4.15.